The van der Waals surface area contributed by atoms with Gasteiger partial charge in [0.05, 0.1) is 17.8 Å². The van der Waals surface area contributed by atoms with Gasteiger partial charge in [-0.2, -0.15) is 0 Å². The number of nitrogens with zero attached hydrogens (tertiary/aromatic N) is 2. The first kappa shape index (κ1) is 13.2. The summed E-state index contributed by atoms with van der Waals surface area (Å²) in [7, 11) is 0. The lowest BCUT2D eigenvalue weighted by Gasteiger charge is -2.37. The molecule has 98 valence electrons. The molecule has 2 heterocycles. The van der Waals surface area contributed by atoms with E-state index >= 15 is 0 Å². The van der Waals surface area contributed by atoms with Gasteiger partial charge >= 0.3 is 0 Å². The predicted molar refractivity (Wildman–Crippen MR) is 77.1 cm³/mol. The second kappa shape index (κ2) is 5.20. The van der Waals surface area contributed by atoms with Crippen LogP contribution in [0.4, 0.5) is 5.82 Å². The Morgan fingerprint density at radius 2 is 2.00 bits per heavy atom. The number of anilines is 1. The lowest BCUT2D eigenvalue weighted by atomic mass is 10.1. The van der Waals surface area contributed by atoms with E-state index in [9.17, 15) is 0 Å². The summed E-state index contributed by atoms with van der Waals surface area (Å²) >= 11 is 5.10. The van der Waals surface area contributed by atoms with Crippen LogP contribution in [0.1, 0.15) is 25.1 Å². The Hall–Kier alpha value is -1.20. The van der Waals surface area contributed by atoms with E-state index in [1.165, 1.54) is 0 Å². The normalized spacial score (nSPS) is 24.1. The van der Waals surface area contributed by atoms with Crippen molar-refractivity contribution in [2.24, 2.45) is 5.73 Å². The predicted octanol–water partition coefficient (Wildman–Crippen LogP) is 1.64. The van der Waals surface area contributed by atoms with Gasteiger partial charge in [-0.15, -0.1) is 0 Å². The summed E-state index contributed by atoms with van der Waals surface area (Å²) in [5, 5.41) is 0. The Bertz CT molecular complexity index is 454. The van der Waals surface area contributed by atoms with Crippen molar-refractivity contribution >= 4 is 23.0 Å². The molecule has 0 spiro atoms. The average molecular weight is 265 g/mol. The summed E-state index contributed by atoms with van der Waals surface area (Å²) in [5.41, 5.74) is 7.59. The molecule has 0 bridgehead atoms. The van der Waals surface area contributed by atoms with Gasteiger partial charge in [0.1, 0.15) is 10.8 Å². The number of pyridine rings is 1. The molecule has 1 aromatic rings. The van der Waals surface area contributed by atoms with E-state index in [1.807, 2.05) is 19.1 Å². The van der Waals surface area contributed by atoms with Crippen molar-refractivity contribution in [2.75, 3.05) is 18.0 Å². The number of nitrogens with two attached hydrogens (primary N) is 1. The van der Waals surface area contributed by atoms with E-state index in [0.717, 1.165) is 30.2 Å². The first-order valence-corrected chi connectivity index (χ1v) is 6.56. The minimum absolute atomic E-state index is 0.190. The van der Waals surface area contributed by atoms with Crippen LogP contribution in [0.3, 0.4) is 0 Å². The molecule has 1 saturated heterocycles. The molecule has 0 aliphatic carbocycles. The van der Waals surface area contributed by atoms with Crippen molar-refractivity contribution in [1.29, 1.82) is 0 Å². The van der Waals surface area contributed by atoms with Crippen LogP contribution in [-0.2, 0) is 4.74 Å². The zero-order chi connectivity index (χ0) is 13.3. The average Bonchev–Trinajstić information content (AvgIpc) is 2.27. The molecule has 2 rings (SSSR count). The molecule has 1 aromatic heterocycles. The maximum Gasteiger partial charge on any atom is 0.139 e. The van der Waals surface area contributed by atoms with Gasteiger partial charge in [-0.1, -0.05) is 12.2 Å². The fourth-order valence-corrected chi connectivity index (χ4v) is 2.49. The van der Waals surface area contributed by atoms with Gasteiger partial charge in [0.2, 0.25) is 0 Å². The number of hydrogen-bond donors (Lipinski definition) is 1. The maximum absolute atomic E-state index is 5.77. The van der Waals surface area contributed by atoms with E-state index in [4.69, 9.17) is 22.7 Å². The zero-order valence-corrected chi connectivity index (χ0v) is 11.8. The number of rotatable bonds is 2. The minimum atomic E-state index is 0.190. The molecule has 1 fully saturated rings. The van der Waals surface area contributed by atoms with Crippen LogP contribution < -0.4 is 10.6 Å². The molecule has 5 heteroatoms. The van der Waals surface area contributed by atoms with Gasteiger partial charge < -0.3 is 15.4 Å². The highest BCUT2D eigenvalue weighted by atomic mass is 32.1. The summed E-state index contributed by atoms with van der Waals surface area (Å²) in [6.45, 7) is 7.74. The third-order valence-corrected chi connectivity index (χ3v) is 3.22. The van der Waals surface area contributed by atoms with Crippen LogP contribution in [0.15, 0.2) is 12.1 Å². The van der Waals surface area contributed by atoms with Crippen LogP contribution in [0.25, 0.3) is 0 Å². The summed E-state index contributed by atoms with van der Waals surface area (Å²) in [4.78, 5) is 7.19. The van der Waals surface area contributed by atoms with Crippen LogP contribution >= 0.6 is 12.2 Å². The summed E-state index contributed by atoms with van der Waals surface area (Å²) < 4.78 is 5.73. The summed E-state index contributed by atoms with van der Waals surface area (Å²) in [6.07, 6.45) is 0.380. The lowest BCUT2D eigenvalue weighted by molar-refractivity contribution is -0.00547. The molecule has 18 heavy (non-hydrogen) atoms. The van der Waals surface area contributed by atoms with Crippen LogP contribution in [0.2, 0.25) is 0 Å². The van der Waals surface area contributed by atoms with E-state index < -0.39 is 0 Å². The number of aryl methyl sites for hydroxylation is 1. The SMILES string of the molecule is Cc1ccc(C(N)=S)c(N2CC(C)OC(C)C2)n1. The number of hydrogen-bond acceptors (Lipinski definition) is 4. The van der Waals surface area contributed by atoms with Crippen molar-refractivity contribution in [3.63, 3.8) is 0 Å². The van der Waals surface area contributed by atoms with Crippen molar-refractivity contribution < 1.29 is 4.74 Å². The standard InChI is InChI=1S/C13H19N3OS/c1-8-4-5-11(12(14)18)13(15-8)16-6-9(2)17-10(3)7-16/h4-5,9-10H,6-7H2,1-3H3,(H2,14,18). The molecule has 2 unspecified atom stereocenters. The fraction of sp³-hybridized carbons (Fsp3) is 0.538. The van der Waals surface area contributed by atoms with Crippen molar-refractivity contribution in [1.82, 2.24) is 4.98 Å². The van der Waals surface area contributed by atoms with E-state index in [-0.39, 0.29) is 12.2 Å². The second-order valence-electron chi connectivity index (χ2n) is 4.85. The Kier molecular flexibility index (Phi) is 3.82. The Morgan fingerprint density at radius 1 is 1.39 bits per heavy atom. The molecular weight excluding hydrogens is 246 g/mol. The molecule has 0 radical (unpaired) electrons. The number of ether oxygens (including phenoxy) is 1. The summed E-state index contributed by atoms with van der Waals surface area (Å²) in [5.74, 6) is 0.879. The van der Waals surface area contributed by atoms with Gasteiger partial charge in [0.15, 0.2) is 0 Å². The first-order valence-electron chi connectivity index (χ1n) is 6.15. The Balaban J connectivity index is 2.36. The number of thiocarbonyl (C=S) groups is 1. The molecule has 1 aliphatic heterocycles. The highest BCUT2D eigenvalue weighted by molar-refractivity contribution is 7.80. The summed E-state index contributed by atoms with van der Waals surface area (Å²) in [6, 6.07) is 3.89. The van der Waals surface area contributed by atoms with Gasteiger partial charge in [0, 0.05) is 18.8 Å². The number of aromatic nitrogens is 1. The van der Waals surface area contributed by atoms with Crippen LogP contribution in [0.5, 0.6) is 0 Å². The molecular formula is C13H19N3OS. The van der Waals surface area contributed by atoms with Crippen molar-refractivity contribution in [3.05, 3.63) is 23.4 Å². The molecule has 2 N–H and O–H groups in total. The maximum atomic E-state index is 5.77. The highest BCUT2D eigenvalue weighted by Gasteiger charge is 2.25. The monoisotopic (exact) mass is 265 g/mol. The highest BCUT2D eigenvalue weighted by Crippen LogP contribution is 2.23. The van der Waals surface area contributed by atoms with Gasteiger partial charge in [0.25, 0.3) is 0 Å². The molecule has 0 saturated carbocycles. The molecule has 4 nitrogen and oxygen atoms in total. The molecule has 0 amide bonds. The van der Waals surface area contributed by atoms with Gasteiger partial charge in [-0.3, -0.25) is 0 Å². The third kappa shape index (κ3) is 2.79. The molecule has 0 aromatic carbocycles. The minimum Gasteiger partial charge on any atom is -0.389 e. The van der Waals surface area contributed by atoms with E-state index in [0.29, 0.717) is 4.99 Å². The molecule has 2 atom stereocenters. The van der Waals surface area contributed by atoms with Gasteiger partial charge in [-0.25, -0.2) is 4.98 Å². The van der Waals surface area contributed by atoms with E-state index in [1.54, 1.807) is 0 Å². The first-order chi connectivity index (χ1) is 8.47. The van der Waals surface area contributed by atoms with Crippen molar-refractivity contribution in [2.45, 2.75) is 33.0 Å². The van der Waals surface area contributed by atoms with Crippen molar-refractivity contribution in [3.8, 4) is 0 Å². The Labute approximate surface area is 113 Å². The van der Waals surface area contributed by atoms with E-state index in [2.05, 4.69) is 23.7 Å². The third-order valence-electron chi connectivity index (χ3n) is 3.00. The van der Waals surface area contributed by atoms with Crippen LogP contribution in [-0.4, -0.2) is 35.3 Å². The van der Waals surface area contributed by atoms with Gasteiger partial charge in [-0.05, 0) is 32.9 Å². The zero-order valence-electron chi connectivity index (χ0n) is 11.0. The van der Waals surface area contributed by atoms with Crippen LogP contribution in [0, 0.1) is 6.92 Å². The lowest BCUT2D eigenvalue weighted by Crippen LogP contribution is -2.46. The quantitative estimate of drug-likeness (QED) is 0.824. The molecule has 1 aliphatic rings. The largest absolute Gasteiger partial charge is 0.389 e. The fourth-order valence-electron chi connectivity index (χ4n) is 2.33. The smallest absolute Gasteiger partial charge is 0.139 e. The Morgan fingerprint density at radius 3 is 2.56 bits per heavy atom. The number of morpholine rings is 1. The second-order valence-corrected chi connectivity index (χ2v) is 5.29. The topological polar surface area (TPSA) is 51.4 Å².